The Bertz CT molecular complexity index is 1310. The summed E-state index contributed by atoms with van der Waals surface area (Å²) in [5, 5.41) is 0.531. The third kappa shape index (κ3) is 6.14. The van der Waals surface area contributed by atoms with Crippen LogP contribution in [-0.2, 0) is 11.4 Å². The van der Waals surface area contributed by atoms with E-state index < -0.39 is 0 Å². The number of halogens is 3. The summed E-state index contributed by atoms with van der Waals surface area (Å²) in [6.07, 6.45) is 1.78. The summed E-state index contributed by atoms with van der Waals surface area (Å²) in [7, 11) is 0. The standard InChI is InChI=1S/C27H23BrF2N2O3S/c1-3-32-26(33)24(36-27(32)31-21-11-9-20(30)10-12-21)15-18-13-22(28)25(23(14-18)34-4-2)35-16-17-5-7-19(29)8-6-17/h5-15H,3-4,16H2,1-2H3/b24-15+,31-27?. The molecular formula is C27H23BrF2N2O3S. The fraction of sp³-hybridized carbons (Fsp3) is 0.185. The van der Waals surface area contributed by atoms with Gasteiger partial charge in [-0.2, -0.15) is 0 Å². The van der Waals surface area contributed by atoms with Crippen molar-refractivity contribution in [3.05, 3.63) is 92.8 Å². The van der Waals surface area contributed by atoms with Crippen LogP contribution in [0.5, 0.6) is 11.5 Å². The van der Waals surface area contributed by atoms with Gasteiger partial charge in [-0.05, 0) is 107 Å². The van der Waals surface area contributed by atoms with Gasteiger partial charge >= 0.3 is 0 Å². The van der Waals surface area contributed by atoms with Crippen LogP contribution in [0.15, 0.2) is 75.0 Å². The number of hydrogen-bond acceptors (Lipinski definition) is 5. The average molecular weight is 573 g/mol. The number of amides is 1. The molecule has 1 saturated heterocycles. The van der Waals surface area contributed by atoms with E-state index in [9.17, 15) is 13.6 Å². The molecule has 0 aromatic heterocycles. The van der Waals surface area contributed by atoms with E-state index in [2.05, 4.69) is 20.9 Å². The van der Waals surface area contributed by atoms with Crippen molar-refractivity contribution in [3.8, 4) is 11.5 Å². The van der Waals surface area contributed by atoms with Gasteiger partial charge in [-0.25, -0.2) is 13.8 Å². The first kappa shape index (κ1) is 25.9. The van der Waals surface area contributed by atoms with E-state index in [-0.39, 0.29) is 24.1 Å². The second-order valence-corrected chi connectivity index (χ2v) is 9.57. The lowest BCUT2D eigenvalue weighted by atomic mass is 10.1. The number of likely N-dealkylation sites (N-methyl/N-ethyl adjacent to an activating group) is 1. The molecule has 0 unspecified atom stereocenters. The zero-order valence-electron chi connectivity index (χ0n) is 19.6. The van der Waals surface area contributed by atoms with Crippen molar-refractivity contribution in [3.63, 3.8) is 0 Å². The average Bonchev–Trinajstić information content (AvgIpc) is 3.14. The lowest BCUT2D eigenvalue weighted by molar-refractivity contribution is -0.122. The molecule has 0 N–H and O–H groups in total. The van der Waals surface area contributed by atoms with E-state index in [0.29, 0.717) is 44.9 Å². The first-order valence-corrected chi connectivity index (χ1v) is 12.9. The lowest BCUT2D eigenvalue weighted by Crippen LogP contribution is -2.28. The SMILES string of the molecule is CCOc1cc(/C=C2/SC(=Nc3ccc(F)cc3)N(CC)C2=O)cc(Br)c1OCc1ccc(F)cc1. The van der Waals surface area contributed by atoms with Crippen molar-refractivity contribution in [2.24, 2.45) is 4.99 Å². The van der Waals surface area contributed by atoms with Crippen molar-refractivity contribution in [2.45, 2.75) is 20.5 Å². The first-order valence-electron chi connectivity index (χ1n) is 11.3. The number of rotatable bonds is 8. The molecular weight excluding hydrogens is 550 g/mol. The minimum Gasteiger partial charge on any atom is -0.490 e. The fourth-order valence-corrected chi connectivity index (χ4v) is 5.09. The zero-order valence-corrected chi connectivity index (χ0v) is 22.0. The van der Waals surface area contributed by atoms with Crippen LogP contribution in [0.2, 0.25) is 0 Å². The van der Waals surface area contributed by atoms with Crippen LogP contribution >= 0.6 is 27.7 Å². The largest absolute Gasteiger partial charge is 0.490 e. The second kappa shape index (κ2) is 11.7. The van der Waals surface area contributed by atoms with Gasteiger partial charge in [0.05, 0.1) is 21.7 Å². The lowest BCUT2D eigenvalue weighted by Gasteiger charge is -2.15. The predicted octanol–water partition coefficient (Wildman–Crippen LogP) is 7.33. The molecule has 0 spiro atoms. The molecule has 4 rings (SSSR count). The van der Waals surface area contributed by atoms with Crippen LogP contribution in [0.3, 0.4) is 0 Å². The number of amidine groups is 1. The molecule has 0 saturated carbocycles. The molecule has 3 aromatic rings. The maximum Gasteiger partial charge on any atom is 0.266 e. The number of hydrogen-bond donors (Lipinski definition) is 0. The number of ether oxygens (including phenoxy) is 2. The van der Waals surface area contributed by atoms with Gasteiger partial charge in [-0.3, -0.25) is 9.69 Å². The first-order chi connectivity index (χ1) is 17.4. The molecule has 0 bridgehead atoms. The minimum absolute atomic E-state index is 0.158. The third-order valence-electron chi connectivity index (χ3n) is 5.18. The van der Waals surface area contributed by atoms with Gasteiger partial charge in [0, 0.05) is 6.54 Å². The summed E-state index contributed by atoms with van der Waals surface area (Å²) >= 11 is 4.81. The van der Waals surface area contributed by atoms with E-state index in [1.54, 1.807) is 41.3 Å². The number of aliphatic imine (C=N–C) groups is 1. The Balaban J connectivity index is 1.60. The Hall–Kier alpha value is -3.17. The van der Waals surface area contributed by atoms with Gasteiger partial charge < -0.3 is 9.47 Å². The summed E-state index contributed by atoms with van der Waals surface area (Å²) in [5.74, 6) is 0.224. The highest BCUT2D eigenvalue weighted by Gasteiger charge is 2.32. The molecule has 36 heavy (non-hydrogen) atoms. The van der Waals surface area contributed by atoms with Crippen LogP contribution in [0.4, 0.5) is 14.5 Å². The molecule has 1 aliphatic rings. The van der Waals surface area contributed by atoms with Gasteiger partial charge in [0.2, 0.25) is 0 Å². The van der Waals surface area contributed by atoms with Crippen LogP contribution in [-0.4, -0.2) is 29.1 Å². The number of benzene rings is 3. The Labute approximate surface area is 221 Å². The molecule has 1 fully saturated rings. The van der Waals surface area contributed by atoms with Crippen LogP contribution in [0, 0.1) is 11.6 Å². The topological polar surface area (TPSA) is 51.1 Å². The minimum atomic E-state index is -0.345. The van der Waals surface area contributed by atoms with Crippen molar-refractivity contribution in [1.29, 1.82) is 0 Å². The Morgan fingerprint density at radius 3 is 2.31 bits per heavy atom. The molecule has 5 nitrogen and oxygen atoms in total. The molecule has 0 atom stereocenters. The van der Waals surface area contributed by atoms with E-state index in [1.165, 1.54) is 36.0 Å². The van der Waals surface area contributed by atoms with Crippen LogP contribution < -0.4 is 9.47 Å². The molecule has 3 aromatic carbocycles. The van der Waals surface area contributed by atoms with Gasteiger partial charge in [-0.1, -0.05) is 12.1 Å². The Morgan fingerprint density at radius 1 is 1.00 bits per heavy atom. The quantitative estimate of drug-likeness (QED) is 0.265. The molecule has 1 heterocycles. The third-order valence-corrected chi connectivity index (χ3v) is 6.78. The second-order valence-electron chi connectivity index (χ2n) is 7.71. The Kier molecular flexibility index (Phi) is 8.43. The fourth-order valence-electron chi connectivity index (χ4n) is 3.46. The smallest absolute Gasteiger partial charge is 0.266 e. The van der Waals surface area contributed by atoms with Crippen molar-refractivity contribution < 1.29 is 23.0 Å². The number of carbonyl (C=O) groups excluding carboxylic acids is 1. The monoisotopic (exact) mass is 572 g/mol. The van der Waals surface area contributed by atoms with E-state index in [1.807, 2.05) is 19.9 Å². The molecule has 1 aliphatic heterocycles. The molecule has 1 amide bonds. The zero-order chi connectivity index (χ0) is 25.7. The maximum absolute atomic E-state index is 13.2. The maximum atomic E-state index is 13.2. The summed E-state index contributed by atoms with van der Waals surface area (Å²) in [6, 6.07) is 15.5. The number of nitrogens with zero attached hydrogens (tertiary/aromatic N) is 2. The molecule has 0 radical (unpaired) electrons. The van der Waals surface area contributed by atoms with Crippen molar-refractivity contribution >= 4 is 50.5 Å². The number of thioether (sulfide) groups is 1. The van der Waals surface area contributed by atoms with Crippen LogP contribution in [0.25, 0.3) is 6.08 Å². The summed E-state index contributed by atoms with van der Waals surface area (Å²) in [6.45, 7) is 4.86. The van der Waals surface area contributed by atoms with Crippen molar-refractivity contribution in [2.75, 3.05) is 13.2 Å². The summed E-state index contributed by atoms with van der Waals surface area (Å²) in [5.41, 5.74) is 2.13. The highest BCUT2D eigenvalue weighted by molar-refractivity contribution is 9.10. The molecule has 0 aliphatic carbocycles. The van der Waals surface area contributed by atoms with Crippen molar-refractivity contribution in [1.82, 2.24) is 4.90 Å². The van der Waals surface area contributed by atoms with E-state index in [4.69, 9.17) is 9.47 Å². The summed E-state index contributed by atoms with van der Waals surface area (Å²) in [4.78, 5) is 19.7. The molecule has 9 heteroatoms. The van der Waals surface area contributed by atoms with E-state index in [0.717, 1.165) is 11.1 Å². The van der Waals surface area contributed by atoms with Gasteiger partial charge in [-0.15, -0.1) is 0 Å². The predicted molar refractivity (Wildman–Crippen MR) is 142 cm³/mol. The van der Waals surface area contributed by atoms with Gasteiger partial charge in [0.1, 0.15) is 18.2 Å². The highest BCUT2D eigenvalue weighted by Crippen LogP contribution is 2.40. The highest BCUT2D eigenvalue weighted by atomic mass is 79.9. The number of carbonyl (C=O) groups is 1. The molecule has 186 valence electrons. The van der Waals surface area contributed by atoms with Crippen LogP contribution in [0.1, 0.15) is 25.0 Å². The Morgan fingerprint density at radius 2 is 1.67 bits per heavy atom. The summed E-state index contributed by atoms with van der Waals surface area (Å²) < 4.78 is 38.9. The van der Waals surface area contributed by atoms with Gasteiger partial charge in [0.25, 0.3) is 5.91 Å². The normalized spacial score (nSPS) is 15.7. The van der Waals surface area contributed by atoms with Gasteiger partial charge in [0.15, 0.2) is 16.7 Å². The van der Waals surface area contributed by atoms with E-state index >= 15 is 0 Å².